The molecule has 12 heteroatoms. The van der Waals surface area contributed by atoms with Gasteiger partial charge in [0.05, 0.1) is 23.0 Å². The second-order valence-electron chi connectivity index (χ2n) is 10.2. The van der Waals surface area contributed by atoms with E-state index in [1.165, 1.54) is 4.57 Å². The number of nitrogens with two attached hydrogens (primary N) is 2. The van der Waals surface area contributed by atoms with Gasteiger partial charge in [-0.15, -0.1) is 0 Å². The highest BCUT2D eigenvalue weighted by atomic mass is 35.5. The van der Waals surface area contributed by atoms with Crippen molar-refractivity contribution in [2.75, 3.05) is 13.3 Å². The number of aryl methyl sites for hydroxylation is 1. The Hall–Kier alpha value is -3.77. The molecule has 0 fully saturated rings. The summed E-state index contributed by atoms with van der Waals surface area (Å²) in [5.74, 6) is -0.0307. The minimum absolute atomic E-state index is 0.0634. The standard InChI is InChI=1S/C29H35ClFN7O3/c1-17(2)4-3-5-19-10-22(26(31)23(30)11-19)24-12-20-14-38(29(40)37-27(20)36-24)21-8-6-18(7-9-21)13-34-25(15-39)41-16-35-28(32)33/h6-12,14,17,25,34,39H,3-5,13,15-16H2,1-2H3,(H4,32,33,35)(H,36,37,40)/t25-/m1/s1. The van der Waals surface area contributed by atoms with Gasteiger partial charge in [-0.3, -0.25) is 9.88 Å². The van der Waals surface area contributed by atoms with Gasteiger partial charge in [0.15, 0.2) is 11.8 Å². The van der Waals surface area contributed by atoms with Crippen LogP contribution in [0.25, 0.3) is 28.0 Å². The quantitative estimate of drug-likeness (QED) is 0.0910. The van der Waals surface area contributed by atoms with Crippen molar-refractivity contribution in [1.29, 1.82) is 0 Å². The molecule has 2 aromatic carbocycles. The molecule has 4 rings (SSSR count). The Morgan fingerprint density at radius 1 is 1.22 bits per heavy atom. The predicted octanol–water partition coefficient (Wildman–Crippen LogP) is 3.81. The maximum atomic E-state index is 15.1. The number of aliphatic imine (C=N–C) groups is 1. The molecule has 41 heavy (non-hydrogen) atoms. The van der Waals surface area contributed by atoms with E-state index < -0.39 is 17.7 Å². The molecular weight excluding hydrogens is 549 g/mol. The maximum Gasteiger partial charge on any atom is 0.354 e. The molecule has 0 radical (unpaired) electrons. The first-order valence-electron chi connectivity index (χ1n) is 13.4. The minimum atomic E-state index is -0.657. The highest BCUT2D eigenvalue weighted by molar-refractivity contribution is 6.31. The van der Waals surface area contributed by atoms with E-state index in [2.05, 4.69) is 34.1 Å². The monoisotopic (exact) mass is 583 g/mol. The zero-order chi connectivity index (χ0) is 29.5. The summed E-state index contributed by atoms with van der Waals surface area (Å²) in [6.45, 7) is 4.39. The van der Waals surface area contributed by atoms with Gasteiger partial charge < -0.3 is 26.3 Å². The first-order chi connectivity index (χ1) is 19.6. The Labute approximate surface area is 242 Å². The van der Waals surface area contributed by atoms with E-state index in [0.717, 1.165) is 30.4 Å². The topological polar surface area (TPSA) is 157 Å². The van der Waals surface area contributed by atoms with Crippen molar-refractivity contribution in [3.8, 4) is 16.9 Å². The third kappa shape index (κ3) is 7.92. The number of hydrogen-bond acceptors (Lipinski definition) is 6. The first kappa shape index (κ1) is 30.2. The average Bonchev–Trinajstić information content (AvgIpc) is 3.34. The van der Waals surface area contributed by atoms with E-state index in [4.69, 9.17) is 27.8 Å². The molecule has 0 saturated carbocycles. The lowest BCUT2D eigenvalue weighted by molar-refractivity contribution is -0.00539. The van der Waals surface area contributed by atoms with E-state index in [1.807, 2.05) is 12.1 Å². The third-order valence-electron chi connectivity index (χ3n) is 6.57. The van der Waals surface area contributed by atoms with E-state index in [1.54, 1.807) is 36.5 Å². The summed E-state index contributed by atoms with van der Waals surface area (Å²) in [6.07, 6.45) is 3.87. The molecule has 7 N–H and O–H groups in total. The molecule has 0 spiro atoms. The van der Waals surface area contributed by atoms with Crippen LogP contribution in [0.1, 0.15) is 37.8 Å². The fourth-order valence-electron chi connectivity index (χ4n) is 4.41. The van der Waals surface area contributed by atoms with Gasteiger partial charge in [0, 0.05) is 23.7 Å². The fourth-order valence-corrected chi connectivity index (χ4v) is 4.65. The second-order valence-corrected chi connectivity index (χ2v) is 10.6. The van der Waals surface area contributed by atoms with Crippen molar-refractivity contribution < 1.29 is 14.2 Å². The number of H-pyrrole nitrogens is 1. The van der Waals surface area contributed by atoms with Crippen LogP contribution in [0.3, 0.4) is 0 Å². The fraction of sp³-hybridized carbons (Fsp3) is 0.345. The molecule has 0 bridgehead atoms. The summed E-state index contributed by atoms with van der Waals surface area (Å²) in [7, 11) is 0. The molecule has 0 unspecified atom stereocenters. The maximum absolute atomic E-state index is 15.1. The number of guanidine groups is 1. The Morgan fingerprint density at radius 3 is 2.66 bits per heavy atom. The number of rotatable bonds is 13. The lowest BCUT2D eigenvalue weighted by atomic mass is 10.00. The van der Waals surface area contributed by atoms with Gasteiger partial charge >= 0.3 is 5.69 Å². The van der Waals surface area contributed by atoms with Crippen molar-refractivity contribution >= 4 is 28.6 Å². The lowest BCUT2D eigenvalue weighted by Gasteiger charge is -2.16. The van der Waals surface area contributed by atoms with Crippen LogP contribution in [-0.4, -0.2) is 45.2 Å². The highest BCUT2D eigenvalue weighted by Crippen LogP contribution is 2.31. The average molecular weight is 584 g/mol. The Bertz CT molecular complexity index is 1560. The van der Waals surface area contributed by atoms with Crippen LogP contribution < -0.4 is 22.5 Å². The van der Waals surface area contributed by atoms with Crippen LogP contribution in [0.5, 0.6) is 0 Å². The van der Waals surface area contributed by atoms with E-state index in [0.29, 0.717) is 40.4 Å². The molecule has 1 atom stereocenters. The Morgan fingerprint density at radius 2 is 1.98 bits per heavy atom. The molecule has 4 aromatic rings. The first-order valence-corrected chi connectivity index (χ1v) is 13.7. The molecule has 2 aromatic heterocycles. The number of aliphatic hydroxyl groups is 1. The number of fused-ring (bicyclic) bond motifs is 1. The van der Waals surface area contributed by atoms with Crippen LogP contribution in [-0.2, 0) is 17.7 Å². The van der Waals surface area contributed by atoms with Gasteiger partial charge in [-0.2, -0.15) is 4.98 Å². The Kier molecular flexibility index (Phi) is 10.1. The van der Waals surface area contributed by atoms with Gasteiger partial charge in [-0.1, -0.05) is 44.0 Å². The zero-order valence-corrected chi connectivity index (χ0v) is 23.8. The summed E-state index contributed by atoms with van der Waals surface area (Å²) >= 11 is 6.24. The number of aliphatic hydroxyl groups excluding tert-OH is 1. The van der Waals surface area contributed by atoms with Crippen LogP contribution in [0, 0.1) is 11.7 Å². The molecule has 10 nitrogen and oxygen atoms in total. The van der Waals surface area contributed by atoms with Gasteiger partial charge in [-0.05, 0) is 60.2 Å². The van der Waals surface area contributed by atoms with Crippen LogP contribution >= 0.6 is 11.6 Å². The Balaban J connectivity index is 1.52. The number of nitrogens with one attached hydrogen (secondary N) is 2. The van der Waals surface area contributed by atoms with Crippen molar-refractivity contribution in [3.63, 3.8) is 0 Å². The lowest BCUT2D eigenvalue weighted by Crippen LogP contribution is -2.35. The third-order valence-corrected chi connectivity index (χ3v) is 6.85. The number of ether oxygens (including phenoxy) is 1. The van der Waals surface area contributed by atoms with Crippen LogP contribution in [0.2, 0.25) is 5.02 Å². The summed E-state index contributed by atoms with van der Waals surface area (Å²) < 4.78 is 21.8. The molecule has 0 aliphatic heterocycles. The summed E-state index contributed by atoms with van der Waals surface area (Å²) in [5.41, 5.74) is 13.7. The number of nitrogens with zero attached hydrogens (tertiary/aromatic N) is 3. The zero-order valence-electron chi connectivity index (χ0n) is 23.0. The van der Waals surface area contributed by atoms with Crippen LogP contribution in [0.4, 0.5) is 4.39 Å². The number of aromatic nitrogens is 3. The molecule has 0 aliphatic rings. The van der Waals surface area contributed by atoms with Crippen molar-refractivity contribution in [2.45, 2.75) is 45.9 Å². The van der Waals surface area contributed by atoms with Gasteiger partial charge in [0.25, 0.3) is 0 Å². The number of hydrogen-bond donors (Lipinski definition) is 5. The molecule has 0 aliphatic carbocycles. The van der Waals surface area contributed by atoms with Crippen LogP contribution in [0.15, 0.2) is 58.4 Å². The van der Waals surface area contributed by atoms with E-state index >= 15 is 4.39 Å². The molecule has 2 heterocycles. The second kappa shape index (κ2) is 13.7. The van der Waals surface area contributed by atoms with E-state index in [-0.39, 0.29) is 24.3 Å². The van der Waals surface area contributed by atoms with Crippen molar-refractivity contribution in [2.24, 2.45) is 22.4 Å². The van der Waals surface area contributed by atoms with Crippen molar-refractivity contribution in [1.82, 2.24) is 19.9 Å². The largest absolute Gasteiger partial charge is 0.392 e. The molecule has 0 saturated heterocycles. The van der Waals surface area contributed by atoms with Gasteiger partial charge in [0.1, 0.15) is 18.6 Å². The van der Waals surface area contributed by atoms with Crippen molar-refractivity contribution in [3.05, 3.63) is 81.1 Å². The number of halogens is 2. The minimum Gasteiger partial charge on any atom is -0.392 e. The molecular formula is C29H35ClFN7O3. The predicted molar refractivity (Wildman–Crippen MR) is 159 cm³/mol. The van der Waals surface area contributed by atoms with E-state index in [9.17, 15) is 9.90 Å². The highest BCUT2D eigenvalue weighted by Gasteiger charge is 2.16. The smallest absolute Gasteiger partial charge is 0.354 e. The summed E-state index contributed by atoms with van der Waals surface area (Å²) in [5, 5.41) is 13.2. The van der Waals surface area contributed by atoms with Gasteiger partial charge in [0.2, 0.25) is 0 Å². The summed E-state index contributed by atoms with van der Waals surface area (Å²) in [4.78, 5) is 23.9. The van der Waals surface area contributed by atoms with Gasteiger partial charge in [-0.25, -0.2) is 14.2 Å². The number of aromatic amines is 1. The molecule has 0 amide bonds. The normalized spacial score (nSPS) is 12.2. The summed E-state index contributed by atoms with van der Waals surface area (Å²) in [6, 6.07) is 12.5. The SMILES string of the molecule is CC(C)CCCc1cc(Cl)c(F)c(-c2cc3cn(-c4ccc(CN[C@@H](CO)OCN=C(N)N)cc4)c(=O)nc3[nH]2)c1. The number of benzene rings is 2. The molecule has 218 valence electrons.